The summed E-state index contributed by atoms with van der Waals surface area (Å²) in [5.41, 5.74) is 0.942. The molecule has 1 unspecified atom stereocenters. The highest BCUT2D eigenvalue weighted by Gasteiger charge is 2.31. The van der Waals surface area contributed by atoms with Gasteiger partial charge in [0.05, 0.1) is 10.6 Å². The first-order valence-electron chi connectivity index (χ1n) is 5.74. The molecule has 19 heavy (non-hydrogen) atoms. The van der Waals surface area contributed by atoms with Crippen LogP contribution in [0.2, 0.25) is 0 Å². The lowest BCUT2D eigenvalue weighted by Gasteiger charge is -2.11. The largest absolute Gasteiger partial charge is 0.288 e. The van der Waals surface area contributed by atoms with Gasteiger partial charge in [0.2, 0.25) is 5.91 Å². The van der Waals surface area contributed by atoms with Crippen molar-refractivity contribution in [2.75, 3.05) is 16.8 Å². The molecule has 1 fully saturated rings. The first kappa shape index (κ1) is 13.7. The predicted octanol–water partition coefficient (Wildman–Crippen LogP) is 4.38. The van der Waals surface area contributed by atoms with Crippen LogP contribution in [-0.4, -0.2) is 22.8 Å². The first-order chi connectivity index (χ1) is 9.19. The molecular formula is C12H10Br2N2OS2. The van der Waals surface area contributed by atoms with Crippen molar-refractivity contribution in [1.29, 1.82) is 0 Å². The number of carbonyl (C=O) groups excluding carboxylic acids is 1. The van der Waals surface area contributed by atoms with Crippen LogP contribution < -0.4 is 4.90 Å². The van der Waals surface area contributed by atoms with Gasteiger partial charge in [0.1, 0.15) is 0 Å². The molecule has 0 radical (unpaired) electrons. The van der Waals surface area contributed by atoms with Crippen molar-refractivity contribution >= 4 is 65.6 Å². The summed E-state index contributed by atoms with van der Waals surface area (Å²) in [6.07, 6.45) is 0.614. The quantitative estimate of drug-likeness (QED) is 0.688. The summed E-state index contributed by atoms with van der Waals surface area (Å²) < 4.78 is 1.06. The number of anilines is 1. The monoisotopic (exact) mass is 420 g/mol. The Morgan fingerprint density at radius 2 is 2.32 bits per heavy atom. The van der Waals surface area contributed by atoms with Crippen molar-refractivity contribution in [1.82, 2.24) is 4.98 Å². The van der Waals surface area contributed by atoms with Crippen LogP contribution in [0, 0.1) is 5.92 Å². The Kier molecular flexibility index (Phi) is 4.07. The standard InChI is InChI=1S/C12H10Br2N2OS2/c13-4-7-3-10(17)16(5-7)12-15-9(6-19-12)11-8(14)1-2-18-11/h1-2,6-7H,3-5H2. The number of halogens is 2. The molecule has 0 spiro atoms. The van der Waals surface area contributed by atoms with Crippen molar-refractivity contribution in [3.8, 4) is 10.6 Å². The van der Waals surface area contributed by atoms with Crippen molar-refractivity contribution < 1.29 is 4.79 Å². The first-order valence-corrected chi connectivity index (χ1v) is 9.41. The molecule has 2 aromatic rings. The second-order valence-corrected chi connectivity index (χ2v) is 7.60. The highest BCUT2D eigenvalue weighted by Crippen LogP contribution is 2.37. The molecule has 3 nitrogen and oxygen atoms in total. The summed E-state index contributed by atoms with van der Waals surface area (Å²) >= 11 is 10.2. The second-order valence-electron chi connectivity index (χ2n) is 4.34. The summed E-state index contributed by atoms with van der Waals surface area (Å²) in [5, 5.41) is 5.72. The number of thiophene rings is 1. The lowest BCUT2D eigenvalue weighted by molar-refractivity contribution is -0.117. The van der Waals surface area contributed by atoms with Gasteiger partial charge >= 0.3 is 0 Å². The summed E-state index contributed by atoms with van der Waals surface area (Å²) in [6.45, 7) is 0.767. The molecular weight excluding hydrogens is 412 g/mol. The zero-order chi connectivity index (χ0) is 13.4. The average molecular weight is 422 g/mol. The second kappa shape index (κ2) is 5.63. The number of alkyl halides is 1. The third kappa shape index (κ3) is 2.66. The highest BCUT2D eigenvalue weighted by molar-refractivity contribution is 9.10. The SMILES string of the molecule is O=C1CC(CBr)CN1c1nc(-c2sccc2Br)cs1. The average Bonchev–Trinajstić information content (AvgIpc) is 3.07. The van der Waals surface area contributed by atoms with E-state index in [1.54, 1.807) is 11.3 Å². The maximum atomic E-state index is 12.0. The normalized spacial score (nSPS) is 19.4. The maximum Gasteiger partial charge on any atom is 0.229 e. The van der Waals surface area contributed by atoms with Crippen LogP contribution in [0.15, 0.2) is 21.3 Å². The van der Waals surface area contributed by atoms with E-state index >= 15 is 0 Å². The van der Waals surface area contributed by atoms with E-state index in [4.69, 9.17) is 0 Å². The fourth-order valence-corrected chi connectivity index (χ4v) is 4.93. The molecule has 0 N–H and O–H groups in total. The fraction of sp³-hybridized carbons (Fsp3) is 0.333. The van der Waals surface area contributed by atoms with E-state index in [1.165, 1.54) is 11.3 Å². The molecule has 100 valence electrons. The van der Waals surface area contributed by atoms with E-state index in [1.807, 2.05) is 21.7 Å². The van der Waals surface area contributed by atoms with Gasteiger partial charge in [0.25, 0.3) is 0 Å². The van der Waals surface area contributed by atoms with E-state index in [0.29, 0.717) is 12.3 Å². The summed E-state index contributed by atoms with van der Waals surface area (Å²) in [4.78, 5) is 19.5. The number of carbonyl (C=O) groups is 1. The number of rotatable bonds is 3. The van der Waals surface area contributed by atoms with Gasteiger partial charge in [-0.15, -0.1) is 22.7 Å². The van der Waals surface area contributed by atoms with Crippen molar-refractivity contribution in [3.05, 3.63) is 21.3 Å². The van der Waals surface area contributed by atoms with Crippen molar-refractivity contribution in [2.24, 2.45) is 5.92 Å². The predicted molar refractivity (Wildman–Crippen MR) is 87.4 cm³/mol. The Balaban J connectivity index is 1.86. The molecule has 1 saturated heterocycles. The molecule has 0 bridgehead atoms. The molecule has 0 aromatic carbocycles. The molecule has 1 aliphatic heterocycles. The molecule has 2 aromatic heterocycles. The van der Waals surface area contributed by atoms with Gasteiger partial charge < -0.3 is 0 Å². The fourth-order valence-electron chi connectivity index (χ4n) is 2.04. The molecule has 1 atom stereocenters. The number of nitrogens with zero attached hydrogens (tertiary/aromatic N) is 2. The zero-order valence-electron chi connectivity index (χ0n) is 9.81. The topological polar surface area (TPSA) is 33.2 Å². The van der Waals surface area contributed by atoms with Crippen LogP contribution in [-0.2, 0) is 4.79 Å². The Hall–Kier alpha value is -0.240. The molecule has 1 amide bonds. The third-order valence-electron chi connectivity index (χ3n) is 3.00. The van der Waals surface area contributed by atoms with E-state index in [-0.39, 0.29) is 5.91 Å². The van der Waals surface area contributed by atoms with Crippen LogP contribution in [0.4, 0.5) is 5.13 Å². The summed E-state index contributed by atoms with van der Waals surface area (Å²) in [6, 6.07) is 2.01. The molecule has 0 saturated carbocycles. The van der Waals surface area contributed by atoms with Crippen LogP contribution in [0.25, 0.3) is 10.6 Å². The van der Waals surface area contributed by atoms with Crippen LogP contribution >= 0.6 is 54.5 Å². The number of aromatic nitrogens is 1. The van der Waals surface area contributed by atoms with Gasteiger partial charge in [-0.25, -0.2) is 4.98 Å². The molecule has 3 rings (SSSR count). The Morgan fingerprint density at radius 3 is 2.95 bits per heavy atom. The van der Waals surface area contributed by atoms with Crippen LogP contribution in [0.1, 0.15) is 6.42 Å². The molecule has 0 aliphatic carbocycles. The molecule has 1 aliphatic rings. The Morgan fingerprint density at radius 1 is 1.47 bits per heavy atom. The summed E-state index contributed by atoms with van der Waals surface area (Å²) in [7, 11) is 0. The smallest absolute Gasteiger partial charge is 0.229 e. The minimum atomic E-state index is 0.176. The van der Waals surface area contributed by atoms with Gasteiger partial charge in [-0.05, 0) is 33.3 Å². The Labute approximate surface area is 135 Å². The lowest BCUT2D eigenvalue weighted by atomic mass is 10.2. The minimum Gasteiger partial charge on any atom is -0.288 e. The van der Waals surface area contributed by atoms with E-state index in [2.05, 4.69) is 36.8 Å². The lowest BCUT2D eigenvalue weighted by Crippen LogP contribution is -2.24. The van der Waals surface area contributed by atoms with Crippen LogP contribution in [0.5, 0.6) is 0 Å². The van der Waals surface area contributed by atoms with Gasteiger partial charge in [-0.3, -0.25) is 9.69 Å². The highest BCUT2D eigenvalue weighted by atomic mass is 79.9. The van der Waals surface area contributed by atoms with Gasteiger partial charge in [0.15, 0.2) is 5.13 Å². The van der Waals surface area contributed by atoms with E-state index in [0.717, 1.165) is 32.1 Å². The number of thiazole rings is 1. The number of hydrogen-bond acceptors (Lipinski definition) is 4. The zero-order valence-corrected chi connectivity index (χ0v) is 14.6. The number of amides is 1. The van der Waals surface area contributed by atoms with Crippen LogP contribution in [0.3, 0.4) is 0 Å². The minimum absolute atomic E-state index is 0.176. The molecule has 7 heteroatoms. The third-order valence-corrected chi connectivity index (χ3v) is 6.64. The van der Waals surface area contributed by atoms with Crippen molar-refractivity contribution in [2.45, 2.75) is 6.42 Å². The maximum absolute atomic E-state index is 12.0. The van der Waals surface area contributed by atoms with E-state index in [9.17, 15) is 4.79 Å². The number of hydrogen-bond donors (Lipinski definition) is 0. The van der Waals surface area contributed by atoms with Gasteiger partial charge in [-0.2, -0.15) is 0 Å². The molecule has 3 heterocycles. The van der Waals surface area contributed by atoms with Gasteiger partial charge in [-0.1, -0.05) is 15.9 Å². The van der Waals surface area contributed by atoms with E-state index < -0.39 is 0 Å². The van der Waals surface area contributed by atoms with Crippen molar-refractivity contribution in [3.63, 3.8) is 0 Å². The van der Waals surface area contributed by atoms with Gasteiger partial charge in [0, 0.05) is 28.1 Å². The Bertz CT molecular complexity index is 610. The summed E-state index contributed by atoms with van der Waals surface area (Å²) in [5.74, 6) is 0.573.